The van der Waals surface area contributed by atoms with Gasteiger partial charge in [-0.3, -0.25) is 0 Å². The van der Waals surface area contributed by atoms with Crippen LogP contribution >= 0.6 is 0 Å². The second-order valence-corrected chi connectivity index (χ2v) is 1.56. The second kappa shape index (κ2) is 15.6. The fraction of sp³-hybridized carbons (Fsp3) is 0.833. The fourth-order valence-electron chi connectivity index (χ4n) is 0.427. The van der Waals surface area contributed by atoms with Crippen molar-refractivity contribution in [3.63, 3.8) is 0 Å². The zero-order valence-corrected chi connectivity index (χ0v) is 5.98. The molecule has 1 radical (unpaired) electrons. The Bertz CT molecular complexity index is 20.5. The maximum Gasteiger partial charge on any atom is 1.00 e. The van der Waals surface area contributed by atoms with Crippen LogP contribution in [0.2, 0.25) is 0 Å². The summed E-state index contributed by atoms with van der Waals surface area (Å²) < 4.78 is 0. The first-order valence-corrected chi connectivity index (χ1v) is 2.71. The van der Waals surface area contributed by atoms with Gasteiger partial charge in [0.1, 0.15) is 0 Å². The molecule has 1 N–H and O–H groups in total. The van der Waals surface area contributed by atoms with E-state index in [1.165, 1.54) is 19.3 Å². The predicted octanol–water partition coefficient (Wildman–Crippen LogP) is -0.772. The van der Waals surface area contributed by atoms with E-state index in [0.717, 1.165) is 6.42 Å². The van der Waals surface area contributed by atoms with E-state index < -0.39 is 0 Å². The summed E-state index contributed by atoms with van der Waals surface area (Å²) in [5, 5.41) is 0. The van der Waals surface area contributed by atoms with Crippen molar-refractivity contribution in [3.05, 3.63) is 6.92 Å². The van der Waals surface area contributed by atoms with Crippen LogP contribution in [0.15, 0.2) is 0 Å². The van der Waals surface area contributed by atoms with Crippen LogP contribution in [0.3, 0.4) is 0 Å². The summed E-state index contributed by atoms with van der Waals surface area (Å²) in [7, 11) is 0. The molecule has 0 saturated heterocycles. The maximum absolute atomic E-state index is 3.72. The minimum absolute atomic E-state index is 0. The van der Waals surface area contributed by atoms with Gasteiger partial charge in [0.25, 0.3) is 0 Å². The van der Waals surface area contributed by atoms with Crippen molar-refractivity contribution in [2.75, 3.05) is 0 Å². The quantitative estimate of drug-likeness (QED) is 0.345. The van der Waals surface area contributed by atoms with Crippen molar-refractivity contribution in [1.29, 1.82) is 0 Å². The van der Waals surface area contributed by atoms with Crippen LogP contribution in [0.1, 0.15) is 32.6 Å². The van der Waals surface area contributed by atoms with Crippen molar-refractivity contribution in [2.45, 2.75) is 32.6 Å². The number of hydrogen-bond donors (Lipinski definition) is 0. The molecule has 0 aliphatic heterocycles. The van der Waals surface area contributed by atoms with Crippen LogP contribution in [0.4, 0.5) is 0 Å². The van der Waals surface area contributed by atoms with E-state index in [-0.39, 0.29) is 24.3 Å². The van der Waals surface area contributed by atoms with Gasteiger partial charge in [-0.1, -0.05) is 39.5 Å². The van der Waals surface area contributed by atoms with Crippen molar-refractivity contribution in [2.24, 2.45) is 0 Å². The van der Waals surface area contributed by atoms with E-state index in [0.29, 0.717) is 0 Å². The van der Waals surface area contributed by atoms with E-state index in [1.54, 1.807) is 0 Å². The molecular formula is C6H14LiO. The minimum atomic E-state index is 0. The molecule has 0 unspecified atom stereocenters. The largest absolute Gasteiger partial charge is 1.00 e. The summed E-state index contributed by atoms with van der Waals surface area (Å²) in [4.78, 5) is 0. The molecule has 1 nitrogen and oxygen atoms in total. The molecule has 0 atom stereocenters. The fourth-order valence-corrected chi connectivity index (χ4v) is 0.427. The third kappa shape index (κ3) is 16.0. The van der Waals surface area contributed by atoms with Crippen molar-refractivity contribution < 1.29 is 24.3 Å². The first-order chi connectivity index (χ1) is 2.91. The molecular weight excluding hydrogens is 95.0 g/mol. The van der Waals surface area contributed by atoms with Gasteiger partial charge < -0.3 is 5.48 Å². The van der Waals surface area contributed by atoms with Crippen LogP contribution in [-0.4, -0.2) is 5.48 Å². The topological polar surface area (TPSA) is 30.0 Å². The van der Waals surface area contributed by atoms with Gasteiger partial charge in [-0.05, 0) is 0 Å². The molecule has 0 saturated carbocycles. The van der Waals surface area contributed by atoms with Gasteiger partial charge in [0.05, 0.1) is 0 Å². The van der Waals surface area contributed by atoms with Crippen molar-refractivity contribution in [1.82, 2.24) is 0 Å². The predicted molar refractivity (Wildman–Crippen MR) is 31.4 cm³/mol. The number of unbranched alkanes of at least 4 members (excludes halogenated alkanes) is 3. The summed E-state index contributed by atoms with van der Waals surface area (Å²) >= 11 is 0. The Hall–Kier alpha value is 0.557. The number of hydrogen-bond acceptors (Lipinski definition) is 1. The van der Waals surface area contributed by atoms with Gasteiger partial charge in [0, 0.05) is 0 Å². The van der Waals surface area contributed by atoms with E-state index in [4.69, 9.17) is 0 Å². The zero-order valence-electron chi connectivity index (χ0n) is 5.98. The molecule has 8 heavy (non-hydrogen) atoms. The van der Waals surface area contributed by atoms with Crippen molar-refractivity contribution in [3.8, 4) is 0 Å². The SMILES string of the molecule is [CH2]CCCCC.[Li+].[OH-]. The van der Waals surface area contributed by atoms with E-state index in [1.807, 2.05) is 0 Å². The molecule has 0 rings (SSSR count). The minimum Gasteiger partial charge on any atom is -0.870 e. The van der Waals surface area contributed by atoms with Crippen LogP contribution < -0.4 is 18.9 Å². The van der Waals surface area contributed by atoms with Crippen LogP contribution in [0, 0.1) is 6.92 Å². The molecule has 45 valence electrons. The van der Waals surface area contributed by atoms with E-state index in [2.05, 4.69) is 13.8 Å². The van der Waals surface area contributed by atoms with Crippen molar-refractivity contribution >= 4 is 0 Å². The summed E-state index contributed by atoms with van der Waals surface area (Å²) in [5.74, 6) is 0. The van der Waals surface area contributed by atoms with Crippen LogP contribution in [0.5, 0.6) is 0 Å². The van der Waals surface area contributed by atoms with Gasteiger partial charge >= 0.3 is 18.9 Å². The average Bonchev–Trinajstić information content (AvgIpc) is 1.61. The summed E-state index contributed by atoms with van der Waals surface area (Å²) in [6.45, 7) is 5.93. The summed E-state index contributed by atoms with van der Waals surface area (Å²) in [6.07, 6.45) is 5.07. The van der Waals surface area contributed by atoms with Gasteiger partial charge in [-0.2, -0.15) is 0 Å². The van der Waals surface area contributed by atoms with Gasteiger partial charge in [-0.25, -0.2) is 0 Å². The average molecular weight is 109 g/mol. The third-order valence-electron chi connectivity index (χ3n) is 0.854. The second-order valence-electron chi connectivity index (χ2n) is 1.56. The molecule has 0 aliphatic rings. The molecule has 0 spiro atoms. The van der Waals surface area contributed by atoms with Gasteiger partial charge in [0.15, 0.2) is 0 Å². The molecule has 0 bridgehead atoms. The molecule has 0 aromatic rings. The maximum atomic E-state index is 3.72. The molecule has 0 fully saturated rings. The molecule has 0 aliphatic carbocycles. The normalized spacial score (nSPS) is 6.75. The monoisotopic (exact) mass is 109 g/mol. The Morgan fingerprint density at radius 3 is 1.88 bits per heavy atom. The molecule has 0 heterocycles. The molecule has 0 aromatic heterocycles. The van der Waals surface area contributed by atoms with E-state index in [9.17, 15) is 0 Å². The molecule has 0 amide bonds. The Morgan fingerprint density at radius 2 is 1.75 bits per heavy atom. The Labute approximate surface area is 64.3 Å². The van der Waals surface area contributed by atoms with Gasteiger partial charge in [-0.15, -0.1) is 0 Å². The Balaban J connectivity index is -0.000000125. The third-order valence-corrected chi connectivity index (χ3v) is 0.854. The summed E-state index contributed by atoms with van der Waals surface area (Å²) in [6, 6.07) is 0. The zero-order chi connectivity index (χ0) is 4.83. The Kier molecular flexibility index (Phi) is 30.9. The Morgan fingerprint density at radius 1 is 1.25 bits per heavy atom. The summed E-state index contributed by atoms with van der Waals surface area (Å²) in [5.41, 5.74) is 0. The standard InChI is InChI=1S/C6H13.Li.H2O/c1-3-5-6-4-2;;/h1,3-6H2,2H3;;1H2/q;+1;/p-1. The molecule has 0 aromatic carbocycles. The smallest absolute Gasteiger partial charge is 0.870 e. The van der Waals surface area contributed by atoms with E-state index >= 15 is 0 Å². The van der Waals surface area contributed by atoms with Gasteiger partial charge in [0.2, 0.25) is 0 Å². The first kappa shape index (κ1) is 15.8. The molecule has 2 heteroatoms. The first-order valence-electron chi connectivity index (χ1n) is 2.71. The van der Waals surface area contributed by atoms with Crippen LogP contribution in [-0.2, 0) is 0 Å². The van der Waals surface area contributed by atoms with Crippen LogP contribution in [0.25, 0.3) is 0 Å². The number of rotatable bonds is 3.